The number of hydrogen-bond acceptors (Lipinski definition) is 4. The number of guanidine groups is 1. The predicted molar refractivity (Wildman–Crippen MR) is 96.1 cm³/mol. The number of unbranched alkanes of at least 4 members (excludes halogenated alkanes) is 1. The summed E-state index contributed by atoms with van der Waals surface area (Å²) in [6.45, 7) is 6.20. The number of sulfonamides is 1. The van der Waals surface area contributed by atoms with E-state index in [0.717, 1.165) is 36.9 Å². The molecule has 1 N–H and O–H groups in total. The highest BCUT2D eigenvalue weighted by molar-refractivity contribution is 7.99. The molecule has 1 fully saturated rings. The molecule has 128 valence electrons. The van der Waals surface area contributed by atoms with Gasteiger partial charge in [-0.3, -0.25) is 4.99 Å². The molecule has 0 aromatic rings. The van der Waals surface area contributed by atoms with Crippen LogP contribution in [0.4, 0.5) is 0 Å². The highest BCUT2D eigenvalue weighted by atomic mass is 32.2. The van der Waals surface area contributed by atoms with Crippen molar-refractivity contribution in [3.63, 3.8) is 0 Å². The fourth-order valence-electron chi connectivity index (χ4n) is 2.21. The van der Waals surface area contributed by atoms with Gasteiger partial charge in [-0.15, -0.1) is 6.58 Å². The molecule has 0 atom stereocenters. The Kier molecular flexibility index (Phi) is 8.89. The maximum atomic E-state index is 12.2. The predicted octanol–water partition coefficient (Wildman–Crippen LogP) is 0.838. The fourth-order valence-corrected chi connectivity index (χ4v) is 4.70. The first-order chi connectivity index (χ1) is 10.5. The van der Waals surface area contributed by atoms with Gasteiger partial charge in [-0.25, -0.2) is 12.7 Å². The summed E-state index contributed by atoms with van der Waals surface area (Å²) in [5, 5.41) is 3.13. The molecule has 6 nitrogen and oxygen atoms in total. The molecule has 1 saturated heterocycles. The molecule has 22 heavy (non-hydrogen) atoms. The number of nitrogens with one attached hydrogen (secondary N) is 1. The van der Waals surface area contributed by atoms with Gasteiger partial charge in [0.15, 0.2) is 5.96 Å². The van der Waals surface area contributed by atoms with E-state index in [4.69, 9.17) is 0 Å². The number of allylic oxidation sites excluding steroid dienone is 1. The van der Waals surface area contributed by atoms with Crippen molar-refractivity contribution in [3.05, 3.63) is 12.7 Å². The molecule has 0 bridgehead atoms. The Morgan fingerprint density at radius 2 is 2.14 bits per heavy atom. The Labute approximate surface area is 139 Å². The molecule has 0 aliphatic carbocycles. The van der Waals surface area contributed by atoms with E-state index in [9.17, 15) is 8.42 Å². The van der Waals surface area contributed by atoms with E-state index in [0.29, 0.717) is 19.6 Å². The largest absolute Gasteiger partial charge is 0.355 e. The Bertz CT molecular complexity index is 459. The number of thioether (sulfide) groups is 1. The summed E-state index contributed by atoms with van der Waals surface area (Å²) in [5.74, 6) is 2.62. The number of rotatable bonds is 8. The zero-order valence-electron chi connectivity index (χ0n) is 13.6. The quantitative estimate of drug-likeness (QED) is 0.305. The first-order valence-electron chi connectivity index (χ1n) is 7.59. The van der Waals surface area contributed by atoms with Crippen LogP contribution in [0, 0.1) is 0 Å². The van der Waals surface area contributed by atoms with E-state index >= 15 is 0 Å². The van der Waals surface area contributed by atoms with Gasteiger partial charge < -0.3 is 10.2 Å². The van der Waals surface area contributed by atoms with Crippen LogP contribution >= 0.6 is 11.8 Å². The molecule has 1 aliphatic rings. The topological polar surface area (TPSA) is 65.0 Å². The lowest BCUT2D eigenvalue weighted by atomic mass is 10.3. The van der Waals surface area contributed by atoms with Gasteiger partial charge in [-0.1, -0.05) is 6.08 Å². The van der Waals surface area contributed by atoms with E-state index in [2.05, 4.69) is 16.9 Å². The summed E-state index contributed by atoms with van der Waals surface area (Å²) >= 11 is 1.81. The number of aliphatic imine (C=N–C) groups is 1. The summed E-state index contributed by atoms with van der Waals surface area (Å²) in [7, 11) is 0.501. The van der Waals surface area contributed by atoms with E-state index in [1.54, 1.807) is 23.1 Å². The molecule has 1 rings (SSSR count). The molecule has 1 aliphatic heterocycles. The maximum Gasteiger partial charge on any atom is 0.215 e. The molecule has 1 heterocycles. The maximum absolute atomic E-state index is 12.2. The minimum Gasteiger partial charge on any atom is -0.355 e. The molecule has 8 heteroatoms. The Morgan fingerprint density at radius 1 is 1.45 bits per heavy atom. The molecule has 0 radical (unpaired) electrons. The highest BCUT2D eigenvalue weighted by Crippen LogP contribution is 2.12. The van der Waals surface area contributed by atoms with Crippen molar-refractivity contribution in [1.29, 1.82) is 0 Å². The molecule has 0 spiro atoms. The van der Waals surface area contributed by atoms with E-state index in [1.807, 2.05) is 18.0 Å². The van der Waals surface area contributed by atoms with Crippen molar-refractivity contribution in [2.75, 3.05) is 57.5 Å². The minimum absolute atomic E-state index is 0.108. The van der Waals surface area contributed by atoms with Crippen LogP contribution < -0.4 is 5.32 Å². The second-order valence-corrected chi connectivity index (χ2v) is 8.47. The van der Waals surface area contributed by atoms with Gasteiger partial charge in [-0.2, -0.15) is 11.8 Å². The van der Waals surface area contributed by atoms with Gasteiger partial charge in [-0.05, 0) is 12.8 Å². The van der Waals surface area contributed by atoms with Crippen LogP contribution in [0.15, 0.2) is 17.6 Å². The summed E-state index contributed by atoms with van der Waals surface area (Å²) in [4.78, 5) is 6.20. The Balaban J connectivity index is 2.38. The van der Waals surface area contributed by atoms with Crippen molar-refractivity contribution in [1.82, 2.24) is 14.5 Å². The van der Waals surface area contributed by atoms with Gasteiger partial charge >= 0.3 is 0 Å². The molecule has 0 aromatic carbocycles. The van der Waals surface area contributed by atoms with Gasteiger partial charge in [0.2, 0.25) is 10.0 Å². The summed E-state index contributed by atoms with van der Waals surface area (Å²) in [6, 6.07) is 0. The SMILES string of the molecule is C=CCCCN(C)C(=NC)NCCS(=O)(=O)N1CCSCC1. The van der Waals surface area contributed by atoms with Crippen molar-refractivity contribution in [2.45, 2.75) is 12.8 Å². The minimum atomic E-state index is -3.16. The standard InChI is InChI=1S/C14H28N4O2S2/c1-4-5-6-8-17(3)14(15-2)16-7-13-22(19,20)18-9-11-21-12-10-18/h4H,1,5-13H2,2-3H3,(H,15,16). The second kappa shape index (κ2) is 10.1. The molecule has 0 aromatic heterocycles. The fraction of sp³-hybridized carbons (Fsp3) is 0.786. The van der Waals surface area contributed by atoms with E-state index in [1.165, 1.54) is 0 Å². The number of nitrogens with zero attached hydrogens (tertiary/aromatic N) is 3. The third-order valence-electron chi connectivity index (χ3n) is 3.48. The van der Waals surface area contributed by atoms with Crippen LogP contribution in [0.3, 0.4) is 0 Å². The van der Waals surface area contributed by atoms with E-state index in [-0.39, 0.29) is 5.75 Å². The smallest absolute Gasteiger partial charge is 0.215 e. The highest BCUT2D eigenvalue weighted by Gasteiger charge is 2.23. The lowest BCUT2D eigenvalue weighted by molar-refractivity contribution is 0.441. The van der Waals surface area contributed by atoms with E-state index < -0.39 is 10.0 Å². The second-order valence-electron chi connectivity index (χ2n) is 5.15. The first kappa shape index (κ1) is 19.3. The van der Waals surface area contributed by atoms with Gasteiger partial charge in [0.25, 0.3) is 0 Å². The van der Waals surface area contributed by atoms with Gasteiger partial charge in [0.05, 0.1) is 5.75 Å². The third kappa shape index (κ3) is 6.58. The summed E-state index contributed by atoms with van der Waals surface area (Å²) < 4.78 is 26.1. The van der Waals surface area contributed by atoms with Crippen LogP contribution in [0.2, 0.25) is 0 Å². The van der Waals surface area contributed by atoms with Gasteiger partial charge in [0.1, 0.15) is 0 Å². The molecule has 0 saturated carbocycles. The zero-order valence-corrected chi connectivity index (χ0v) is 15.3. The Hall–Kier alpha value is -0.730. The number of hydrogen-bond donors (Lipinski definition) is 1. The van der Waals surface area contributed by atoms with Crippen LogP contribution in [-0.4, -0.2) is 81.1 Å². The average Bonchev–Trinajstić information content (AvgIpc) is 2.52. The van der Waals surface area contributed by atoms with Crippen molar-refractivity contribution in [2.24, 2.45) is 4.99 Å². The van der Waals surface area contributed by atoms with Crippen LogP contribution in [0.5, 0.6) is 0 Å². The van der Waals surface area contributed by atoms with Crippen molar-refractivity contribution in [3.8, 4) is 0 Å². The van der Waals surface area contributed by atoms with Crippen molar-refractivity contribution < 1.29 is 8.42 Å². The summed E-state index contributed by atoms with van der Waals surface area (Å²) in [5.41, 5.74) is 0. The normalized spacial score (nSPS) is 17.3. The monoisotopic (exact) mass is 348 g/mol. The third-order valence-corrected chi connectivity index (χ3v) is 6.30. The Morgan fingerprint density at radius 3 is 2.73 bits per heavy atom. The lowest BCUT2D eigenvalue weighted by Gasteiger charge is -2.26. The molecular weight excluding hydrogens is 320 g/mol. The van der Waals surface area contributed by atoms with Crippen molar-refractivity contribution >= 4 is 27.7 Å². The molecule has 0 amide bonds. The molecular formula is C14H28N4O2S2. The lowest BCUT2D eigenvalue weighted by Crippen LogP contribution is -2.44. The van der Waals surface area contributed by atoms with Crippen LogP contribution in [0.25, 0.3) is 0 Å². The summed E-state index contributed by atoms with van der Waals surface area (Å²) in [6.07, 6.45) is 3.86. The average molecular weight is 349 g/mol. The zero-order chi connectivity index (χ0) is 16.4. The van der Waals surface area contributed by atoms with Gasteiger partial charge in [0, 0.05) is 51.8 Å². The first-order valence-corrected chi connectivity index (χ1v) is 10.4. The molecule has 0 unspecified atom stereocenters. The van der Waals surface area contributed by atoms with Crippen LogP contribution in [-0.2, 0) is 10.0 Å². The van der Waals surface area contributed by atoms with Crippen LogP contribution in [0.1, 0.15) is 12.8 Å².